The molecule has 15 heavy (non-hydrogen) atoms. The van der Waals surface area contributed by atoms with Crippen LogP contribution < -0.4 is 0 Å². The molecule has 0 heterocycles. The molecule has 4 nitrogen and oxygen atoms in total. The minimum atomic E-state index is -0.914. The van der Waals surface area contributed by atoms with E-state index in [0.29, 0.717) is 12.6 Å². The number of carboxylic acid groups (broad SMARTS) is 1. The number of rotatable bonds is 8. The van der Waals surface area contributed by atoms with Crippen molar-refractivity contribution in [2.75, 3.05) is 20.3 Å². The van der Waals surface area contributed by atoms with E-state index in [2.05, 4.69) is 13.8 Å². The van der Waals surface area contributed by atoms with E-state index in [1.807, 2.05) is 4.90 Å². The van der Waals surface area contributed by atoms with Crippen LogP contribution in [0.5, 0.6) is 0 Å². The van der Waals surface area contributed by atoms with Crippen molar-refractivity contribution in [2.45, 2.75) is 32.7 Å². The summed E-state index contributed by atoms with van der Waals surface area (Å²) in [6, 6.07) is 0.385. The van der Waals surface area contributed by atoms with E-state index in [0.717, 1.165) is 19.4 Å². The van der Waals surface area contributed by atoms with Gasteiger partial charge in [-0.05, 0) is 12.8 Å². The molecule has 0 aliphatic rings. The summed E-state index contributed by atoms with van der Waals surface area (Å²) in [7, 11) is 1.64. The molecule has 0 aromatic heterocycles. The molecule has 0 aromatic rings. The molecule has 0 aliphatic carbocycles. The zero-order valence-electron chi connectivity index (χ0n) is 9.77. The lowest BCUT2D eigenvalue weighted by atomic mass is 10.1. The highest BCUT2D eigenvalue weighted by molar-refractivity contribution is 5.79. The highest BCUT2D eigenvalue weighted by Gasteiger charge is 2.10. The van der Waals surface area contributed by atoms with Crippen LogP contribution in [-0.2, 0) is 9.53 Å². The van der Waals surface area contributed by atoms with Gasteiger partial charge in [0, 0.05) is 32.0 Å². The summed E-state index contributed by atoms with van der Waals surface area (Å²) in [5.74, 6) is -0.914. The minimum Gasteiger partial charge on any atom is -0.478 e. The van der Waals surface area contributed by atoms with Crippen LogP contribution in [0.3, 0.4) is 0 Å². The Kier molecular flexibility index (Phi) is 7.72. The normalized spacial score (nSPS) is 11.2. The highest BCUT2D eigenvalue weighted by Crippen LogP contribution is 2.08. The fourth-order valence-electron chi connectivity index (χ4n) is 1.49. The van der Waals surface area contributed by atoms with E-state index in [1.165, 1.54) is 6.08 Å². The molecule has 88 valence electrons. The molecular weight excluding hydrogens is 194 g/mol. The van der Waals surface area contributed by atoms with Gasteiger partial charge in [-0.25, -0.2) is 4.79 Å². The first kappa shape index (κ1) is 14.0. The third-order valence-electron chi connectivity index (χ3n) is 2.37. The second kappa shape index (κ2) is 8.29. The van der Waals surface area contributed by atoms with Gasteiger partial charge in [0.15, 0.2) is 0 Å². The first-order chi connectivity index (χ1) is 7.15. The molecule has 0 unspecified atom stereocenters. The van der Waals surface area contributed by atoms with Crippen LogP contribution in [0.4, 0.5) is 0 Å². The topological polar surface area (TPSA) is 49.8 Å². The number of methoxy groups -OCH3 is 1. The highest BCUT2D eigenvalue weighted by atomic mass is 16.5. The first-order valence-corrected chi connectivity index (χ1v) is 5.31. The Bertz CT molecular complexity index is 200. The zero-order chi connectivity index (χ0) is 11.7. The fourth-order valence-corrected chi connectivity index (χ4v) is 1.49. The van der Waals surface area contributed by atoms with Crippen molar-refractivity contribution in [3.8, 4) is 0 Å². The predicted molar refractivity (Wildman–Crippen MR) is 59.7 cm³/mol. The lowest BCUT2D eigenvalue weighted by Gasteiger charge is -2.28. The molecule has 0 fully saturated rings. The van der Waals surface area contributed by atoms with E-state index < -0.39 is 5.97 Å². The van der Waals surface area contributed by atoms with Crippen LogP contribution in [0.15, 0.2) is 12.3 Å². The summed E-state index contributed by atoms with van der Waals surface area (Å²) in [6.45, 7) is 5.54. The molecule has 0 bridgehead atoms. The van der Waals surface area contributed by atoms with Crippen LogP contribution >= 0.6 is 0 Å². The Labute approximate surface area is 91.5 Å². The van der Waals surface area contributed by atoms with Crippen molar-refractivity contribution in [3.05, 3.63) is 12.3 Å². The smallest absolute Gasteiger partial charge is 0.329 e. The minimum absolute atomic E-state index is 0.385. The molecule has 0 saturated heterocycles. The standard InChI is InChI=1S/C11H21NO3/c1-4-10(5-2)12(8-9-15-3)7-6-11(13)14/h6-7,10H,4-5,8-9H2,1-3H3,(H,13,14). The summed E-state index contributed by atoms with van der Waals surface area (Å²) in [5.41, 5.74) is 0. The largest absolute Gasteiger partial charge is 0.478 e. The molecule has 0 saturated carbocycles. The number of carbonyl (C=O) groups is 1. The number of hydrogen-bond donors (Lipinski definition) is 1. The van der Waals surface area contributed by atoms with E-state index >= 15 is 0 Å². The van der Waals surface area contributed by atoms with Crippen LogP contribution in [-0.4, -0.2) is 42.3 Å². The van der Waals surface area contributed by atoms with Crippen LogP contribution in [0, 0.1) is 0 Å². The number of nitrogens with zero attached hydrogens (tertiary/aromatic N) is 1. The van der Waals surface area contributed by atoms with Gasteiger partial charge in [0.2, 0.25) is 0 Å². The molecule has 0 atom stereocenters. The van der Waals surface area contributed by atoms with Crippen LogP contribution in [0.2, 0.25) is 0 Å². The molecule has 0 spiro atoms. The SMILES string of the molecule is CCC(CC)N(C=CC(=O)O)CCOC. The van der Waals surface area contributed by atoms with Crippen molar-refractivity contribution in [2.24, 2.45) is 0 Å². The lowest BCUT2D eigenvalue weighted by molar-refractivity contribution is -0.131. The molecule has 4 heteroatoms. The number of ether oxygens (including phenoxy) is 1. The van der Waals surface area contributed by atoms with Crippen molar-refractivity contribution in [1.29, 1.82) is 0 Å². The van der Waals surface area contributed by atoms with E-state index in [-0.39, 0.29) is 0 Å². The molecule has 0 aromatic carbocycles. The second-order valence-corrected chi connectivity index (χ2v) is 3.35. The Morgan fingerprint density at radius 3 is 2.47 bits per heavy atom. The Morgan fingerprint density at radius 2 is 2.07 bits per heavy atom. The fraction of sp³-hybridized carbons (Fsp3) is 0.727. The van der Waals surface area contributed by atoms with Gasteiger partial charge in [-0.1, -0.05) is 13.8 Å². The summed E-state index contributed by atoms with van der Waals surface area (Å²) < 4.78 is 5.00. The van der Waals surface area contributed by atoms with Gasteiger partial charge in [0.25, 0.3) is 0 Å². The third kappa shape index (κ3) is 6.12. The van der Waals surface area contributed by atoms with Crippen LogP contribution in [0.1, 0.15) is 26.7 Å². The zero-order valence-corrected chi connectivity index (χ0v) is 9.77. The average Bonchev–Trinajstić information content (AvgIpc) is 2.22. The van der Waals surface area contributed by atoms with Gasteiger partial charge in [-0.2, -0.15) is 0 Å². The quantitative estimate of drug-likeness (QED) is 0.626. The predicted octanol–water partition coefficient (Wildman–Crippen LogP) is 1.72. The Hall–Kier alpha value is -1.03. The molecular formula is C11H21NO3. The number of aliphatic carboxylic acids is 1. The molecule has 1 N–H and O–H groups in total. The number of hydrogen-bond acceptors (Lipinski definition) is 3. The van der Waals surface area contributed by atoms with Gasteiger partial charge in [-0.15, -0.1) is 0 Å². The maximum Gasteiger partial charge on any atom is 0.329 e. The van der Waals surface area contributed by atoms with Gasteiger partial charge < -0.3 is 14.7 Å². The first-order valence-electron chi connectivity index (χ1n) is 5.31. The van der Waals surface area contributed by atoms with Crippen LogP contribution in [0.25, 0.3) is 0 Å². The van der Waals surface area contributed by atoms with Gasteiger partial charge >= 0.3 is 5.97 Å². The monoisotopic (exact) mass is 215 g/mol. The maximum atomic E-state index is 10.4. The molecule has 0 aliphatic heterocycles. The van der Waals surface area contributed by atoms with Gasteiger partial charge in [-0.3, -0.25) is 0 Å². The second-order valence-electron chi connectivity index (χ2n) is 3.35. The van der Waals surface area contributed by atoms with Crippen molar-refractivity contribution in [3.63, 3.8) is 0 Å². The lowest BCUT2D eigenvalue weighted by Crippen LogP contribution is -2.32. The maximum absolute atomic E-state index is 10.4. The summed E-state index contributed by atoms with van der Waals surface area (Å²) in [5, 5.41) is 8.57. The molecule has 0 rings (SSSR count). The van der Waals surface area contributed by atoms with Crippen molar-refractivity contribution < 1.29 is 14.6 Å². The molecule has 0 radical (unpaired) electrons. The summed E-state index contributed by atoms with van der Waals surface area (Å²) in [6.07, 6.45) is 4.82. The molecule has 0 amide bonds. The van der Waals surface area contributed by atoms with E-state index in [9.17, 15) is 4.79 Å². The summed E-state index contributed by atoms with van der Waals surface area (Å²) >= 11 is 0. The number of carboxylic acids is 1. The van der Waals surface area contributed by atoms with Crippen molar-refractivity contribution >= 4 is 5.97 Å². The Morgan fingerprint density at radius 1 is 1.47 bits per heavy atom. The van der Waals surface area contributed by atoms with Crippen molar-refractivity contribution in [1.82, 2.24) is 4.90 Å². The van der Waals surface area contributed by atoms with E-state index in [4.69, 9.17) is 9.84 Å². The van der Waals surface area contributed by atoms with Gasteiger partial charge in [0.05, 0.1) is 6.61 Å². The Balaban J connectivity index is 4.33. The van der Waals surface area contributed by atoms with E-state index in [1.54, 1.807) is 13.3 Å². The third-order valence-corrected chi connectivity index (χ3v) is 2.37. The van der Waals surface area contributed by atoms with Gasteiger partial charge in [0.1, 0.15) is 0 Å². The summed E-state index contributed by atoms with van der Waals surface area (Å²) in [4.78, 5) is 12.5. The average molecular weight is 215 g/mol.